The van der Waals surface area contributed by atoms with Gasteiger partial charge < -0.3 is 19.3 Å². The molecule has 0 saturated heterocycles. The molecule has 33 heavy (non-hydrogen) atoms. The largest absolute Gasteiger partial charge is 0.506 e. The average molecular weight is 532 g/mol. The van der Waals surface area contributed by atoms with E-state index in [-0.39, 0.29) is 23.0 Å². The number of amides is 1. The first-order valence-corrected chi connectivity index (χ1v) is 11.7. The molecule has 0 atom stereocenters. The molecule has 0 aromatic heterocycles. The van der Waals surface area contributed by atoms with Crippen LogP contribution < -0.4 is 9.47 Å². The number of hydrogen-bond donors (Lipinski definition) is 1. The number of esters is 1. The zero-order valence-corrected chi connectivity index (χ0v) is 20.7. The quantitative estimate of drug-likeness (QED) is 0.467. The molecule has 0 spiro atoms. The van der Waals surface area contributed by atoms with Gasteiger partial charge in [-0.2, -0.15) is 0 Å². The summed E-state index contributed by atoms with van der Waals surface area (Å²) in [5.74, 6) is -0.523. The van der Waals surface area contributed by atoms with E-state index in [9.17, 15) is 14.7 Å². The van der Waals surface area contributed by atoms with Gasteiger partial charge >= 0.3 is 5.97 Å². The molecular weight excluding hydrogens is 510 g/mol. The molecular formula is C24H22BrNO6S. The van der Waals surface area contributed by atoms with E-state index in [0.29, 0.717) is 38.6 Å². The zero-order chi connectivity index (χ0) is 24.0. The van der Waals surface area contributed by atoms with Crippen molar-refractivity contribution >= 4 is 50.7 Å². The molecule has 3 rings (SSSR count). The van der Waals surface area contributed by atoms with Gasteiger partial charge in [0.2, 0.25) is 0 Å². The van der Waals surface area contributed by atoms with Crippen LogP contribution in [0.1, 0.15) is 29.8 Å². The molecule has 1 aliphatic heterocycles. The molecule has 0 saturated carbocycles. The minimum Gasteiger partial charge on any atom is -0.506 e. The second-order valence-corrected chi connectivity index (χ2v) is 8.49. The number of ether oxygens (including phenoxy) is 3. The highest BCUT2D eigenvalue weighted by Gasteiger charge is 2.34. The fraction of sp³-hybridized carbons (Fsp3) is 0.208. The van der Waals surface area contributed by atoms with Gasteiger partial charge in [0.1, 0.15) is 16.4 Å². The maximum atomic E-state index is 12.6. The van der Waals surface area contributed by atoms with Crippen molar-refractivity contribution in [3.8, 4) is 11.5 Å². The van der Waals surface area contributed by atoms with Crippen LogP contribution in [0, 0.1) is 0 Å². The summed E-state index contributed by atoms with van der Waals surface area (Å²) in [7, 11) is 1.53. The average Bonchev–Trinajstić information content (AvgIpc) is 3.10. The Kier molecular flexibility index (Phi) is 8.35. The maximum Gasteiger partial charge on any atom is 0.344 e. The predicted molar refractivity (Wildman–Crippen MR) is 132 cm³/mol. The van der Waals surface area contributed by atoms with Crippen LogP contribution in [0.2, 0.25) is 0 Å². The van der Waals surface area contributed by atoms with E-state index in [2.05, 4.69) is 20.9 Å². The van der Waals surface area contributed by atoms with Gasteiger partial charge in [-0.25, -0.2) is 9.79 Å². The Labute approximate surface area is 204 Å². The van der Waals surface area contributed by atoms with Crippen LogP contribution in [-0.4, -0.2) is 42.4 Å². The SMILES string of the molecule is CCOC(=O)C1=C(O)/C(=C/c2cc(Br)c(OCC)c(OC)c2)SC1=NC(=O)c1ccccc1. The molecule has 1 aliphatic rings. The second-order valence-electron chi connectivity index (χ2n) is 6.61. The number of methoxy groups -OCH3 is 1. The molecule has 0 aliphatic carbocycles. The van der Waals surface area contributed by atoms with Crippen molar-refractivity contribution in [3.63, 3.8) is 0 Å². The number of thioether (sulfide) groups is 1. The Morgan fingerprint density at radius 2 is 1.88 bits per heavy atom. The van der Waals surface area contributed by atoms with E-state index in [4.69, 9.17) is 14.2 Å². The van der Waals surface area contributed by atoms with Crippen molar-refractivity contribution < 1.29 is 28.9 Å². The van der Waals surface area contributed by atoms with Gasteiger partial charge in [-0.05, 0) is 65.7 Å². The van der Waals surface area contributed by atoms with E-state index in [1.54, 1.807) is 55.5 Å². The molecule has 7 nitrogen and oxygen atoms in total. The lowest BCUT2D eigenvalue weighted by Gasteiger charge is -2.12. The van der Waals surface area contributed by atoms with Gasteiger partial charge in [-0.1, -0.05) is 30.0 Å². The summed E-state index contributed by atoms with van der Waals surface area (Å²) in [6, 6.07) is 12.0. The number of carbonyl (C=O) groups is 2. The van der Waals surface area contributed by atoms with Crippen LogP contribution in [0.5, 0.6) is 11.5 Å². The van der Waals surface area contributed by atoms with Crippen molar-refractivity contribution in [2.24, 2.45) is 4.99 Å². The molecule has 1 heterocycles. The summed E-state index contributed by atoms with van der Waals surface area (Å²) in [5, 5.41) is 10.9. The summed E-state index contributed by atoms with van der Waals surface area (Å²) >= 11 is 4.48. The van der Waals surface area contributed by atoms with Crippen LogP contribution in [0.3, 0.4) is 0 Å². The van der Waals surface area contributed by atoms with E-state index >= 15 is 0 Å². The number of nitrogens with zero attached hydrogens (tertiary/aromatic N) is 1. The molecule has 1 amide bonds. The number of aliphatic hydroxyl groups excluding tert-OH is 1. The summed E-state index contributed by atoms with van der Waals surface area (Å²) in [5.41, 5.74) is 0.898. The summed E-state index contributed by atoms with van der Waals surface area (Å²) < 4.78 is 16.8. The molecule has 0 fully saturated rings. The fourth-order valence-corrected chi connectivity index (χ4v) is 4.58. The van der Waals surface area contributed by atoms with Crippen molar-refractivity contribution in [1.82, 2.24) is 0 Å². The van der Waals surface area contributed by atoms with E-state index < -0.39 is 11.9 Å². The van der Waals surface area contributed by atoms with Crippen molar-refractivity contribution in [2.75, 3.05) is 20.3 Å². The maximum absolute atomic E-state index is 12.6. The minimum atomic E-state index is -0.754. The Bertz CT molecular complexity index is 1160. The molecule has 0 unspecified atom stereocenters. The Hall–Kier alpha value is -3.04. The summed E-state index contributed by atoms with van der Waals surface area (Å²) in [6.45, 7) is 4.10. The van der Waals surface area contributed by atoms with E-state index in [1.165, 1.54) is 7.11 Å². The van der Waals surface area contributed by atoms with Crippen LogP contribution in [0.4, 0.5) is 0 Å². The molecule has 9 heteroatoms. The lowest BCUT2D eigenvalue weighted by Crippen LogP contribution is -2.14. The number of hydrogen-bond acceptors (Lipinski definition) is 7. The van der Waals surface area contributed by atoms with Gasteiger partial charge in [0.25, 0.3) is 5.91 Å². The number of aliphatic imine (C=N–C) groups is 1. The Balaban J connectivity index is 2.04. The van der Waals surface area contributed by atoms with E-state index in [1.807, 2.05) is 6.92 Å². The van der Waals surface area contributed by atoms with Crippen molar-refractivity contribution in [1.29, 1.82) is 0 Å². The molecule has 2 aromatic carbocycles. The topological polar surface area (TPSA) is 94.4 Å². The monoisotopic (exact) mass is 531 g/mol. The van der Waals surface area contributed by atoms with E-state index in [0.717, 1.165) is 11.8 Å². The first kappa shape index (κ1) is 24.6. The van der Waals surface area contributed by atoms with Gasteiger partial charge in [-0.15, -0.1) is 0 Å². The lowest BCUT2D eigenvalue weighted by molar-refractivity contribution is -0.138. The normalized spacial score (nSPS) is 15.8. The number of benzene rings is 2. The number of rotatable bonds is 7. The number of carbonyl (C=O) groups excluding carboxylic acids is 2. The lowest BCUT2D eigenvalue weighted by atomic mass is 10.1. The highest BCUT2D eigenvalue weighted by Crippen LogP contribution is 2.42. The molecule has 0 bridgehead atoms. The van der Waals surface area contributed by atoms with Crippen LogP contribution in [-0.2, 0) is 9.53 Å². The number of aliphatic hydroxyl groups is 1. The smallest absolute Gasteiger partial charge is 0.344 e. The highest BCUT2D eigenvalue weighted by atomic mass is 79.9. The Morgan fingerprint density at radius 3 is 2.52 bits per heavy atom. The summed E-state index contributed by atoms with van der Waals surface area (Å²) in [4.78, 5) is 29.6. The molecule has 1 N–H and O–H groups in total. The first-order chi connectivity index (χ1) is 15.9. The van der Waals surface area contributed by atoms with Crippen LogP contribution in [0.25, 0.3) is 6.08 Å². The predicted octanol–water partition coefficient (Wildman–Crippen LogP) is 5.56. The first-order valence-electron chi connectivity index (χ1n) is 10.1. The molecule has 2 aromatic rings. The zero-order valence-electron chi connectivity index (χ0n) is 18.3. The highest BCUT2D eigenvalue weighted by molar-refractivity contribution is 9.10. The molecule has 0 radical (unpaired) electrons. The second kappa shape index (κ2) is 11.2. The molecule has 172 valence electrons. The fourth-order valence-electron chi connectivity index (χ4n) is 2.99. The summed E-state index contributed by atoms with van der Waals surface area (Å²) in [6.07, 6.45) is 1.66. The van der Waals surface area contributed by atoms with Crippen LogP contribution >= 0.6 is 27.7 Å². The third kappa shape index (κ3) is 5.66. The third-order valence-electron chi connectivity index (χ3n) is 4.43. The van der Waals surface area contributed by atoms with Crippen LogP contribution in [0.15, 0.2) is 68.2 Å². The third-order valence-corrected chi connectivity index (χ3v) is 6.04. The van der Waals surface area contributed by atoms with Gasteiger partial charge in [-0.3, -0.25) is 4.79 Å². The standard InChI is InChI=1S/C24H22BrNO6S/c1-4-31-21-16(25)11-14(12-17(21)30-3)13-18-20(27)19(24(29)32-5-2)23(33-18)26-22(28)15-9-7-6-8-10-15/h6-13,27H,4-5H2,1-3H3/b18-13-,26-23?. The Morgan fingerprint density at radius 1 is 1.15 bits per heavy atom. The minimum absolute atomic E-state index is 0.0722. The van der Waals surface area contributed by atoms with Gasteiger partial charge in [0.05, 0.1) is 29.7 Å². The van der Waals surface area contributed by atoms with Gasteiger partial charge in [0, 0.05) is 5.56 Å². The van der Waals surface area contributed by atoms with Crippen molar-refractivity contribution in [2.45, 2.75) is 13.8 Å². The number of halogens is 1. The van der Waals surface area contributed by atoms with Crippen molar-refractivity contribution in [3.05, 3.63) is 74.3 Å². The van der Waals surface area contributed by atoms with Gasteiger partial charge in [0.15, 0.2) is 11.5 Å².